The van der Waals surface area contributed by atoms with Crippen LogP contribution in [0.5, 0.6) is 0 Å². The van der Waals surface area contributed by atoms with Gasteiger partial charge in [-0.15, -0.1) is 0 Å². The van der Waals surface area contributed by atoms with Crippen molar-refractivity contribution < 1.29 is 14.3 Å². The summed E-state index contributed by atoms with van der Waals surface area (Å²) in [7, 11) is 1.60. The topological polar surface area (TPSA) is 35.5 Å². The van der Waals surface area contributed by atoms with Crippen molar-refractivity contribution in [3.8, 4) is 0 Å². The first kappa shape index (κ1) is 11.9. The smallest absolute Gasteiger partial charge is 0.122 e. The van der Waals surface area contributed by atoms with Gasteiger partial charge in [0.15, 0.2) is 0 Å². The molecule has 0 saturated heterocycles. The number of carbonyl (C=O) groups is 1. The molecule has 0 bridgehead atoms. The van der Waals surface area contributed by atoms with E-state index in [4.69, 9.17) is 9.47 Å². The van der Waals surface area contributed by atoms with E-state index in [-0.39, 0.29) is 6.10 Å². The van der Waals surface area contributed by atoms with E-state index in [1.807, 2.05) is 30.3 Å². The van der Waals surface area contributed by atoms with Crippen molar-refractivity contribution in [3.05, 3.63) is 35.9 Å². The first-order chi connectivity index (χ1) is 7.36. The van der Waals surface area contributed by atoms with E-state index in [0.717, 1.165) is 11.8 Å². The van der Waals surface area contributed by atoms with Gasteiger partial charge in [-0.05, 0) is 5.56 Å². The predicted octanol–water partition coefficient (Wildman–Crippen LogP) is 1.81. The van der Waals surface area contributed by atoms with E-state index in [0.29, 0.717) is 19.6 Å². The zero-order valence-electron chi connectivity index (χ0n) is 8.89. The Labute approximate surface area is 90.0 Å². The summed E-state index contributed by atoms with van der Waals surface area (Å²) in [5, 5.41) is 0. The van der Waals surface area contributed by atoms with Crippen molar-refractivity contribution in [2.45, 2.75) is 19.1 Å². The second-order valence-corrected chi connectivity index (χ2v) is 3.28. The fourth-order valence-corrected chi connectivity index (χ4v) is 1.27. The molecule has 0 radical (unpaired) electrons. The van der Waals surface area contributed by atoms with Crippen LogP contribution in [-0.4, -0.2) is 26.1 Å². The van der Waals surface area contributed by atoms with Crippen molar-refractivity contribution in [1.29, 1.82) is 0 Å². The molecule has 3 heteroatoms. The molecule has 0 saturated carbocycles. The molecule has 0 N–H and O–H groups in total. The summed E-state index contributed by atoms with van der Waals surface area (Å²) in [5.74, 6) is 0. The van der Waals surface area contributed by atoms with Crippen molar-refractivity contribution >= 4 is 6.29 Å². The minimum Gasteiger partial charge on any atom is -0.382 e. The Morgan fingerprint density at radius 1 is 1.33 bits per heavy atom. The van der Waals surface area contributed by atoms with Gasteiger partial charge in [-0.3, -0.25) is 0 Å². The van der Waals surface area contributed by atoms with Crippen LogP contribution >= 0.6 is 0 Å². The molecule has 0 amide bonds. The standard InChI is InChI=1S/C12H16O3/c1-14-10-12(7-8-13)15-9-11-5-3-2-4-6-11/h2-6,8,12H,7,9-10H2,1H3/t12-/m1/s1. The van der Waals surface area contributed by atoms with Crippen LogP contribution in [0.4, 0.5) is 0 Å². The monoisotopic (exact) mass is 208 g/mol. The maximum absolute atomic E-state index is 10.4. The molecule has 0 spiro atoms. The molecular weight excluding hydrogens is 192 g/mol. The number of ether oxygens (including phenoxy) is 2. The van der Waals surface area contributed by atoms with Crippen molar-refractivity contribution in [2.24, 2.45) is 0 Å². The summed E-state index contributed by atoms with van der Waals surface area (Å²) in [6.07, 6.45) is 1.09. The van der Waals surface area contributed by atoms with E-state index in [1.165, 1.54) is 0 Å². The van der Waals surface area contributed by atoms with Gasteiger partial charge in [-0.25, -0.2) is 0 Å². The molecule has 0 unspecified atom stereocenters. The molecule has 0 fully saturated rings. The second kappa shape index (κ2) is 7.15. The van der Waals surface area contributed by atoms with Gasteiger partial charge in [0.1, 0.15) is 6.29 Å². The van der Waals surface area contributed by atoms with Crippen LogP contribution in [0, 0.1) is 0 Å². The van der Waals surface area contributed by atoms with Crippen molar-refractivity contribution in [1.82, 2.24) is 0 Å². The molecule has 0 aliphatic heterocycles. The van der Waals surface area contributed by atoms with E-state index in [9.17, 15) is 4.79 Å². The van der Waals surface area contributed by atoms with E-state index in [2.05, 4.69) is 0 Å². The molecule has 1 atom stereocenters. The quantitative estimate of drug-likeness (QED) is 0.641. The lowest BCUT2D eigenvalue weighted by molar-refractivity contribution is -0.112. The average molecular weight is 208 g/mol. The van der Waals surface area contributed by atoms with Gasteiger partial charge in [0.05, 0.1) is 19.3 Å². The summed E-state index contributed by atoms with van der Waals surface area (Å²) in [5.41, 5.74) is 1.10. The normalized spacial score (nSPS) is 12.3. The summed E-state index contributed by atoms with van der Waals surface area (Å²) in [4.78, 5) is 10.4. The van der Waals surface area contributed by atoms with Crippen LogP contribution in [0.15, 0.2) is 30.3 Å². The van der Waals surface area contributed by atoms with Crippen LogP contribution in [-0.2, 0) is 20.9 Å². The highest BCUT2D eigenvalue weighted by atomic mass is 16.5. The summed E-state index contributed by atoms with van der Waals surface area (Å²) in [6.45, 7) is 0.967. The summed E-state index contributed by atoms with van der Waals surface area (Å²) < 4.78 is 10.5. The fourth-order valence-electron chi connectivity index (χ4n) is 1.27. The van der Waals surface area contributed by atoms with Gasteiger partial charge in [-0.1, -0.05) is 30.3 Å². The highest BCUT2D eigenvalue weighted by Crippen LogP contribution is 2.05. The van der Waals surface area contributed by atoms with Gasteiger partial charge >= 0.3 is 0 Å². The van der Waals surface area contributed by atoms with Crippen LogP contribution in [0.1, 0.15) is 12.0 Å². The molecule has 0 aromatic heterocycles. The molecule has 1 aromatic rings. The Balaban J connectivity index is 2.36. The van der Waals surface area contributed by atoms with E-state index < -0.39 is 0 Å². The summed E-state index contributed by atoms with van der Waals surface area (Å²) in [6, 6.07) is 9.87. The van der Waals surface area contributed by atoms with Crippen molar-refractivity contribution in [2.75, 3.05) is 13.7 Å². The molecule has 3 nitrogen and oxygen atoms in total. The third-order valence-electron chi connectivity index (χ3n) is 2.04. The third kappa shape index (κ3) is 4.72. The molecule has 0 aliphatic carbocycles. The fraction of sp³-hybridized carbons (Fsp3) is 0.417. The Bertz CT molecular complexity index is 271. The average Bonchev–Trinajstić information content (AvgIpc) is 2.28. The van der Waals surface area contributed by atoms with Crippen LogP contribution in [0.2, 0.25) is 0 Å². The predicted molar refractivity (Wildman–Crippen MR) is 57.6 cm³/mol. The first-order valence-electron chi connectivity index (χ1n) is 4.95. The van der Waals surface area contributed by atoms with Gasteiger partial charge in [0.25, 0.3) is 0 Å². The minimum absolute atomic E-state index is 0.146. The lowest BCUT2D eigenvalue weighted by Gasteiger charge is -2.14. The minimum atomic E-state index is -0.146. The number of hydrogen-bond donors (Lipinski definition) is 0. The van der Waals surface area contributed by atoms with E-state index >= 15 is 0 Å². The maximum atomic E-state index is 10.4. The Morgan fingerprint density at radius 2 is 2.07 bits per heavy atom. The molecule has 0 aliphatic rings. The van der Waals surface area contributed by atoms with E-state index in [1.54, 1.807) is 7.11 Å². The Hall–Kier alpha value is -1.19. The number of rotatable bonds is 7. The molecular formula is C12H16O3. The number of benzene rings is 1. The third-order valence-corrected chi connectivity index (χ3v) is 2.04. The Kier molecular flexibility index (Phi) is 5.66. The molecule has 1 rings (SSSR count). The highest BCUT2D eigenvalue weighted by Gasteiger charge is 2.07. The Morgan fingerprint density at radius 3 is 2.67 bits per heavy atom. The van der Waals surface area contributed by atoms with Crippen LogP contribution in [0.3, 0.4) is 0 Å². The second-order valence-electron chi connectivity index (χ2n) is 3.28. The van der Waals surface area contributed by atoms with Gasteiger partial charge in [0.2, 0.25) is 0 Å². The van der Waals surface area contributed by atoms with Crippen molar-refractivity contribution in [3.63, 3.8) is 0 Å². The number of carbonyl (C=O) groups excluding carboxylic acids is 1. The molecule has 0 heterocycles. The summed E-state index contributed by atoms with van der Waals surface area (Å²) >= 11 is 0. The van der Waals surface area contributed by atoms with Crippen LogP contribution < -0.4 is 0 Å². The number of hydrogen-bond acceptors (Lipinski definition) is 3. The molecule has 82 valence electrons. The molecule has 15 heavy (non-hydrogen) atoms. The zero-order valence-corrected chi connectivity index (χ0v) is 8.89. The maximum Gasteiger partial charge on any atom is 0.122 e. The van der Waals surface area contributed by atoms with Gasteiger partial charge in [0, 0.05) is 13.5 Å². The van der Waals surface area contributed by atoms with Crippen LogP contribution in [0.25, 0.3) is 0 Å². The highest BCUT2D eigenvalue weighted by molar-refractivity contribution is 5.50. The van der Waals surface area contributed by atoms with Gasteiger partial charge < -0.3 is 14.3 Å². The lowest BCUT2D eigenvalue weighted by atomic mass is 10.2. The SMILES string of the molecule is COC[C@@H](CC=O)OCc1ccccc1. The number of methoxy groups -OCH3 is 1. The number of aldehydes is 1. The molecule has 1 aromatic carbocycles. The lowest BCUT2D eigenvalue weighted by Crippen LogP contribution is -2.19. The largest absolute Gasteiger partial charge is 0.382 e. The zero-order chi connectivity index (χ0) is 10.9. The van der Waals surface area contributed by atoms with Gasteiger partial charge in [-0.2, -0.15) is 0 Å². The first-order valence-corrected chi connectivity index (χ1v) is 4.95.